The monoisotopic (exact) mass is 244 g/mol. The molecule has 96 valence electrons. The van der Waals surface area contributed by atoms with Gasteiger partial charge in [-0.3, -0.25) is 4.79 Å². The van der Waals surface area contributed by atoms with E-state index in [1.165, 1.54) is 0 Å². The fourth-order valence-corrected chi connectivity index (χ4v) is 1.27. The molecule has 0 fully saturated rings. The zero-order chi connectivity index (χ0) is 14.0. The Bertz CT molecular complexity index is 490. The molecule has 1 amide bonds. The molecule has 1 aromatic rings. The minimum Gasteiger partial charge on any atom is -0.326 e. The molecule has 0 aliphatic carbocycles. The summed E-state index contributed by atoms with van der Waals surface area (Å²) in [6.07, 6.45) is 5.32. The molecule has 0 atom stereocenters. The van der Waals surface area contributed by atoms with Crippen molar-refractivity contribution in [2.24, 2.45) is 11.1 Å². The van der Waals surface area contributed by atoms with Gasteiger partial charge in [0.1, 0.15) is 0 Å². The second-order valence-electron chi connectivity index (χ2n) is 5.53. The van der Waals surface area contributed by atoms with Gasteiger partial charge >= 0.3 is 0 Å². The number of amides is 1. The number of terminal acetylenes is 1. The Labute approximate surface area is 109 Å². The molecule has 3 N–H and O–H groups in total. The first-order valence-corrected chi connectivity index (χ1v) is 5.85. The van der Waals surface area contributed by atoms with Crippen LogP contribution >= 0.6 is 0 Å². The molecule has 1 rings (SSSR count). The number of carbonyl (C=O) groups excluding carboxylic acids is 1. The SMILES string of the molecule is C#Cc1cccc(NC(=O)C(C)(C)C(C)(C)N)c1. The van der Waals surface area contributed by atoms with Gasteiger partial charge in [0.05, 0.1) is 5.41 Å². The minimum absolute atomic E-state index is 0.121. The molecule has 0 aliphatic heterocycles. The van der Waals surface area contributed by atoms with E-state index >= 15 is 0 Å². The van der Waals surface area contributed by atoms with E-state index in [9.17, 15) is 4.79 Å². The molecule has 0 saturated heterocycles. The summed E-state index contributed by atoms with van der Waals surface area (Å²) >= 11 is 0. The standard InChI is InChI=1S/C15H20N2O/c1-6-11-8-7-9-12(10-11)17-13(18)14(2,3)15(4,5)16/h1,7-10H,16H2,2-5H3,(H,17,18). The molecule has 0 aliphatic rings. The molecule has 0 unspecified atom stereocenters. The van der Waals surface area contributed by atoms with E-state index in [-0.39, 0.29) is 5.91 Å². The maximum absolute atomic E-state index is 12.2. The van der Waals surface area contributed by atoms with E-state index in [1.54, 1.807) is 12.1 Å². The molecule has 0 heterocycles. The largest absolute Gasteiger partial charge is 0.326 e. The molecule has 0 aromatic heterocycles. The van der Waals surface area contributed by atoms with Crippen molar-refractivity contribution in [3.63, 3.8) is 0 Å². The third kappa shape index (κ3) is 2.91. The Hall–Kier alpha value is -1.79. The van der Waals surface area contributed by atoms with Gasteiger partial charge in [-0.25, -0.2) is 0 Å². The second-order valence-corrected chi connectivity index (χ2v) is 5.53. The normalized spacial score (nSPS) is 11.8. The number of benzene rings is 1. The third-order valence-corrected chi connectivity index (χ3v) is 3.47. The lowest BCUT2D eigenvalue weighted by Gasteiger charge is -2.36. The maximum Gasteiger partial charge on any atom is 0.231 e. The summed E-state index contributed by atoms with van der Waals surface area (Å²) < 4.78 is 0. The van der Waals surface area contributed by atoms with Gasteiger partial charge < -0.3 is 11.1 Å². The lowest BCUT2D eigenvalue weighted by atomic mass is 9.74. The molecule has 3 heteroatoms. The van der Waals surface area contributed by atoms with Crippen LogP contribution in [0.2, 0.25) is 0 Å². The summed E-state index contributed by atoms with van der Waals surface area (Å²) in [5.41, 5.74) is 6.16. The van der Waals surface area contributed by atoms with Crippen LogP contribution in [0.25, 0.3) is 0 Å². The number of nitrogens with one attached hydrogen (secondary N) is 1. The number of hydrogen-bond acceptors (Lipinski definition) is 2. The number of nitrogens with two attached hydrogens (primary N) is 1. The van der Waals surface area contributed by atoms with E-state index in [2.05, 4.69) is 11.2 Å². The van der Waals surface area contributed by atoms with Gasteiger partial charge in [0.25, 0.3) is 0 Å². The fraction of sp³-hybridized carbons (Fsp3) is 0.400. The number of anilines is 1. The minimum atomic E-state index is -0.681. The smallest absolute Gasteiger partial charge is 0.231 e. The molecule has 3 nitrogen and oxygen atoms in total. The molecular weight excluding hydrogens is 224 g/mol. The summed E-state index contributed by atoms with van der Waals surface area (Å²) in [6.45, 7) is 7.33. The van der Waals surface area contributed by atoms with Crippen molar-refractivity contribution < 1.29 is 4.79 Å². The number of hydrogen-bond donors (Lipinski definition) is 2. The van der Waals surface area contributed by atoms with E-state index in [1.807, 2.05) is 39.8 Å². The average Bonchev–Trinajstić information content (AvgIpc) is 2.27. The molecule has 18 heavy (non-hydrogen) atoms. The Kier molecular flexibility index (Phi) is 3.83. The Morgan fingerprint density at radius 3 is 2.44 bits per heavy atom. The van der Waals surface area contributed by atoms with Crippen LogP contribution in [0.4, 0.5) is 5.69 Å². The van der Waals surface area contributed by atoms with Gasteiger partial charge in [0.15, 0.2) is 0 Å². The van der Waals surface area contributed by atoms with Gasteiger partial charge in [-0.2, -0.15) is 0 Å². The summed E-state index contributed by atoms with van der Waals surface area (Å²) in [7, 11) is 0. The van der Waals surface area contributed by atoms with E-state index in [0.717, 1.165) is 5.56 Å². The fourth-order valence-electron chi connectivity index (χ4n) is 1.27. The van der Waals surface area contributed by atoms with Crippen LogP contribution in [0.5, 0.6) is 0 Å². The zero-order valence-corrected chi connectivity index (χ0v) is 11.4. The average molecular weight is 244 g/mol. The van der Waals surface area contributed by atoms with Gasteiger partial charge in [-0.1, -0.05) is 12.0 Å². The van der Waals surface area contributed by atoms with E-state index in [4.69, 9.17) is 12.2 Å². The molecular formula is C15H20N2O. The summed E-state index contributed by atoms with van der Waals surface area (Å²) in [6, 6.07) is 7.19. The first-order chi connectivity index (χ1) is 8.18. The Balaban J connectivity index is 2.92. The van der Waals surface area contributed by atoms with Crippen molar-refractivity contribution in [1.29, 1.82) is 0 Å². The summed E-state index contributed by atoms with van der Waals surface area (Å²) in [4.78, 5) is 12.2. The lowest BCUT2D eigenvalue weighted by molar-refractivity contribution is -0.126. The van der Waals surface area contributed by atoms with E-state index < -0.39 is 11.0 Å². The maximum atomic E-state index is 12.2. The predicted molar refractivity (Wildman–Crippen MR) is 75.1 cm³/mol. The highest BCUT2D eigenvalue weighted by Gasteiger charge is 2.40. The van der Waals surface area contributed by atoms with Gasteiger partial charge in [0.2, 0.25) is 5.91 Å². The molecule has 0 spiro atoms. The Morgan fingerprint density at radius 2 is 1.94 bits per heavy atom. The van der Waals surface area contributed by atoms with Gasteiger partial charge in [-0.05, 0) is 45.9 Å². The molecule has 0 radical (unpaired) electrons. The van der Waals surface area contributed by atoms with Crippen molar-refractivity contribution in [2.75, 3.05) is 5.32 Å². The highest BCUT2D eigenvalue weighted by molar-refractivity contribution is 5.95. The first kappa shape index (κ1) is 14.3. The first-order valence-electron chi connectivity index (χ1n) is 5.85. The Morgan fingerprint density at radius 1 is 1.33 bits per heavy atom. The highest BCUT2D eigenvalue weighted by Crippen LogP contribution is 2.29. The van der Waals surface area contributed by atoms with Crippen LogP contribution in [0, 0.1) is 17.8 Å². The van der Waals surface area contributed by atoms with Crippen LogP contribution in [-0.2, 0) is 4.79 Å². The number of rotatable bonds is 3. The summed E-state index contributed by atoms with van der Waals surface area (Å²) in [5.74, 6) is 2.41. The van der Waals surface area contributed by atoms with Crippen molar-refractivity contribution in [1.82, 2.24) is 0 Å². The topological polar surface area (TPSA) is 55.1 Å². The van der Waals surface area contributed by atoms with Crippen molar-refractivity contribution in [3.05, 3.63) is 29.8 Å². The van der Waals surface area contributed by atoms with Crippen LogP contribution in [0.15, 0.2) is 24.3 Å². The third-order valence-electron chi connectivity index (χ3n) is 3.47. The highest BCUT2D eigenvalue weighted by atomic mass is 16.2. The van der Waals surface area contributed by atoms with E-state index in [0.29, 0.717) is 5.69 Å². The summed E-state index contributed by atoms with van der Waals surface area (Å²) in [5, 5.41) is 2.85. The van der Waals surface area contributed by atoms with Crippen LogP contribution in [-0.4, -0.2) is 11.4 Å². The second kappa shape index (κ2) is 4.83. The van der Waals surface area contributed by atoms with Crippen LogP contribution in [0.3, 0.4) is 0 Å². The molecule has 0 bridgehead atoms. The quantitative estimate of drug-likeness (QED) is 0.802. The molecule has 1 aromatic carbocycles. The van der Waals surface area contributed by atoms with Crippen LogP contribution in [0.1, 0.15) is 33.3 Å². The van der Waals surface area contributed by atoms with Gasteiger partial charge in [-0.15, -0.1) is 6.42 Å². The predicted octanol–water partition coefficient (Wildman–Crippen LogP) is 2.37. The van der Waals surface area contributed by atoms with Gasteiger partial charge in [0, 0.05) is 16.8 Å². The zero-order valence-electron chi connectivity index (χ0n) is 11.4. The number of carbonyl (C=O) groups is 1. The lowest BCUT2D eigenvalue weighted by Crippen LogP contribution is -2.53. The van der Waals surface area contributed by atoms with Crippen molar-refractivity contribution in [3.8, 4) is 12.3 Å². The van der Waals surface area contributed by atoms with Crippen LogP contribution < -0.4 is 11.1 Å². The molecule has 0 saturated carbocycles. The van der Waals surface area contributed by atoms with Crippen molar-refractivity contribution >= 4 is 11.6 Å². The van der Waals surface area contributed by atoms with Crippen molar-refractivity contribution in [2.45, 2.75) is 33.2 Å².